The number of fused-ring (bicyclic) bond motifs is 1. The summed E-state index contributed by atoms with van der Waals surface area (Å²) in [5.74, 6) is 1.49. The maximum atomic E-state index is 12.5. The lowest BCUT2D eigenvalue weighted by atomic mass is 10.0. The van der Waals surface area contributed by atoms with E-state index in [-0.39, 0.29) is 5.91 Å². The second-order valence-electron chi connectivity index (χ2n) is 7.25. The highest BCUT2D eigenvalue weighted by Gasteiger charge is 2.20. The average molecular weight is 396 g/mol. The van der Waals surface area contributed by atoms with Gasteiger partial charge in [-0.2, -0.15) is 0 Å². The van der Waals surface area contributed by atoms with E-state index in [0.29, 0.717) is 5.75 Å². The van der Waals surface area contributed by atoms with Crippen molar-refractivity contribution in [2.24, 2.45) is 7.05 Å². The number of rotatable bonds is 5. The van der Waals surface area contributed by atoms with Crippen LogP contribution in [0, 0.1) is 0 Å². The fourth-order valence-electron chi connectivity index (χ4n) is 3.52. The highest BCUT2D eigenvalue weighted by Crippen LogP contribution is 2.23. The summed E-state index contributed by atoms with van der Waals surface area (Å²) in [5.41, 5.74) is 1.23. The van der Waals surface area contributed by atoms with Crippen molar-refractivity contribution >= 4 is 28.4 Å². The van der Waals surface area contributed by atoms with Gasteiger partial charge in [0.2, 0.25) is 5.91 Å². The molecular formula is C21H25N5OS. The first-order valence-corrected chi connectivity index (χ1v) is 10.5. The second-order valence-corrected chi connectivity index (χ2v) is 8.19. The SMILES string of the molecule is CN1CCN(C(=O)CSc2nnc(Cc3cccc4ccccc34)n2C)CC1. The third kappa shape index (κ3) is 4.05. The van der Waals surface area contributed by atoms with Gasteiger partial charge in [0.05, 0.1) is 5.75 Å². The molecule has 2 aromatic carbocycles. The zero-order valence-electron chi connectivity index (χ0n) is 16.3. The van der Waals surface area contributed by atoms with Gasteiger partial charge in [0.25, 0.3) is 0 Å². The molecule has 1 aliphatic heterocycles. The molecule has 0 radical (unpaired) electrons. The molecule has 3 aromatic rings. The first-order valence-electron chi connectivity index (χ1n) is 9.56. The summed E-state index contributed by atoms with van der Waals surface area (Å²) in [4.78, 5) is 16.7. The van der Waals surface area contributed by atoms with Gasteiger partial charge < -0.3 is 14.4 Å². The number of carbonyl (C=O) groups is 1. The lowest BCUT2D eigenvalue weighted by Crippen LogP contribution is -2.47. The normalized spacial score (nSPS) is 15.3. The minimum Gasteiger partial charge on any atom is -0.339 e. The summed E-state index contributed by atoms with van der Waals surface area (Å²) in [7, 11) is 4.07. The van der Waals surface area contributed by atoms with Crippen LogP contribution in [0.3, 0.4) is 0 Å². The van der Waals surface area contributed by atoms with Crippen molar-refractivity contribution < 1.29 is 4.79 Å². The van der Waals surface area contributed by atoms with Crippen LogP contribution in [-0.4, -0.2) is 69.5 Å². The molecule has 0 bridgehead atoms. The van der Waals surface area contributed by atoms with Crippen LogP contribution in [0.2, 0.25) is 0 Å². The van der Waals surface area contributed by atoms with E-state index in [1.807, 2.05) is 16.5 Å². The van der Waals surface area contributed by atoms with Crippen molar-refractivity contribution in [3.63, 3.8) is 0 Å². The van der Waals surface area contributed by atoms with Gasteiger partial charge in [-0.05, 0) is 23.4 Å². The molecule has 28 heavy (non-hydrogen) atoms. The molecule has 146 valence electrons. The highest BCUT2D eigenvalue weighted by molar-refractivity contribution is 7.99. The lowest BCUT2D eigenvalue weighted by Gasteiger charge is -2.32. The van der Waals surface area contributed by atoms with Gasteiger partial charge in [-0.15, -0.1) is 10.2 Å². The predicted octanol–water partition coefficient (Wildman–Crippen LogP) is 2.43. The van der Waals surface area contributed by atoms with Crippen molar-refractivity contribution in [3.8, 4) is 0 Å². The zero-order chi connectivity index (χ0) is 19.5. The molecule has 1 fully saturated rings. The number of nitrogens with zero attached hydrogens (tertiary/aromatic N) is 5. The number of hydrogen-bond acceptors (Lipinski definition) is 5. The van der Waals surface area contributed by atoms with Crippen LogP contribution in [0.25, 0.3) is 10.8 Å². The van der Waals surface area contributed by atoms with E-state index in [1.165, 1.54) is 28.1 Å². The number of thioether (sulfide) groups is 1. The number of benzene rings is 2. The van der Waals surface area contributed by atoms with E-state index in [9.17, 15) is 4.79 Å². The van der Waals surface area contributed by atoms with Gasteiger partial charge in [0.15, 0.2) is 5.16 Å². The molecule has 1 aromatic heterocycles. The van der Waals surface area contributed by atoms with E-state index in [4.69, 9.17) is 0 Å². The summed E-state index contributed by atoms with van der Waals surface area (Å²) in [6.07, 6.45) is 0.720. The Morgan fingerprint density at radius 2 is 1.75 bits per heavy atom. The smallest absolute Gasteiger partial charge is 0.233 e. The Kier molecular flexibility index (Phi) is 5.64. The molecular weight excluding hydrogens is 370 g/mol. The van der Waals surface area contributed by atoms with E-state index in [2.05, 4.69) is 64.6 Å². The number of aromatic nitrogens is 3. The van der Waals surface area contributed by atoms with Gasteiger partial charge in [-0.1, -0.05) is 54.2 Å². The second kappa shape index (κ2) is 8.32. The van der Waals surface area contributed by atoms with Crippen LogP contribution >= 0.6 is 11.8 Å². The molecule has 4 rings (SSSR count). The molecule has 1 saturated heterocycles. The number of hydrogen-bond donors (Lipinski definition) is 0. The fourth-order valence-corrected chi connectivity index (χ4v) is 4.35. The summed E-state index contributed by atoms with van der Waals surface area (Å²) in [5, 5.41) is 12.0. The maximum Gasteiger partial charge on any atom is 0.233 e. The fraction of sp³-hybridized carbons (Fsp3) is 0.381. The van der Waals surface area contributed by atoms with Crippen molar-refractivity contribution in [2.45, 2.75) is 11.6 Å². The Bertz CT molecular complexity index is 973. The Labute approximate surface area is 169 Å². The van der Waals surface area contributed by atoms with E-state index in [1.54, 1.807) is 0 Å². The summed E-state index contributed by atoms with van der Waals surface area (Å²) >= 11 is 1.47. The third-order valence-corrected chi connectivity index (χ3v) is 6.34. The average Bonchev–Trinajstić information content (AvgIpc) is 3.06. The van der Waals surface area contributed by atoms with Crippen LogP contribution < -0.4 is 0 Å². The largest absolute Gasteiger partial charge is 0.339 e. The van der Waals surface area contributed by atoms with Crippen molar-refractivity contribution in [1.82, 2.24) is 24.6 Å². The van der Waals surface area contributed by atoms with Gasteiger partial charge in [0.1, 0.15) is 5.82 Å². The minimum absolute atomic E-state index is 0.178. The van der Waals surface area contributed by atoms with Crippen LogP contribution in [0.15, 0.2) is 47.6 Å². The van der Waals surface area contributed by atoms with Gasteiger partial charge >= 0.3 is 0 Å². The molecule has 0 saturated carbocycles. The number of carbonyl (C=O) groups excluding carboxylic acids is 1. The quantitative estimate of drug-likeness (QED) is 0.621. The molecule has 1 amide bonds. The van der Waals surface area contributed by atoms with Gasteiger partial charge in [-0.3, -0.25) is 4.79 Å². The van der Waals surface area contributed by atoms with Crippen LogP contribution in [-0.2, 0) is 18.3 Å². The van der Waals surface area contributed by atoms with Crippen molar-refractivity contribution in [2.75, 3.05) is 39.0 Å². The Balaban J connectivity index is 1.42. The minimum atomic E-state index is 0.178. The topological polar surface area (TPSA) is 54.3 Å². The monoisotopic (exact) mass is 395 g/mol. The zero-order valence-corrected chi connectivity index (χ0v) is 17.2. The van der Waals surface area contributed by atoms with Crippen molar-refractivity contribution in [3.05, 3.63) is 53.9 Å². The van der Waals surface area contributed by atoms with E-state index in [0.717, 1.165) is 43.6 Å². The van der Waals surface area contributed by atoms with E-state index < -0.39 is 0 Å². The third-order valence-electron chi connectivity index (χ3n) is 5.33. The van der Waals surface area contributed by atoms with E-state index >= 15 is 0 Å². The van der Waals surface area contributed by atoms with Crippen LogP contribution in [0.5, 0.6) is 0 Å². The van der Waals surface area contributed by atoms with Gasteiger partial charge in [-0.25, -0.2) is 0 Å². The molecule has 7 heteroatoms. The summed E-state index contributed by atoms with van der Waals surface area (Å²) in [6.45, 7) is 3.49. The first kappa shape index (κ1) is 19.0. The molecule has 0 unspecified atom stereocenters. The lowest BCUT2D eigenvalue weighted by molar-refractivity contribution is -0.129. The van der Waals surface area contributed by atoms with Crippen molar-refractivity contribution in [1.29, 1.82) is 0 Å². The predicted molar refractivity (Wildman–Crippen MR) is 113 cm³/mol. The highest BCUT2D eigenvalue weighted by atomic mass is 32.2. The number of amides is 1. The summed E-state index contributed by atoms with van der Waals surface area (Å²) in [6, 6.07) is 14.7. The summed E-state index contributed by atoms with van der Waals surface area (Å²) < 4.78 is 2.00. The molecule has 0 aliphatic carbocycles. The Hall–Kier alpha value is -2.38. The molecule has 0 N–H and O–H groups in total. The molecule has 0 spiro atoms. The molecule has 6 nitrogen and oxygen atoms in total. The Morgan fingerprint density at radius 3 is 2.57 bits per heavy atom. The van der Waals surface area contributed by atoms with Gasteiger partial charge in [0, 0.05) is 39.6 Å². The standard InChI is InChI=1S/C21H25N5OS/c1-24-10-12-26(13-11-24)20(27)15-28-21-23-22-19(25(21)2)14-17-8-5-7-16-6-3-4-9-18(16)17/h3-9H,10-15H2,1-2H3. The first-order chi connectivity index (χ1) is 13.6. The number of likely N-dealkylation sites (N-methyl/N-ethyl adjacent to an activating group) is 1. The molecule has 0 atom stereocenters. The molecule has 2 heterocycles. The van der Waals surface area contributed by atoms with Crippen LogP contribution in [0.1, 0.15) is 11.4 Å². The number of piperazine rings is 1. The van der Waals surface area contributed by atoms with Crippen LogP contribution in [0.4, 0.5) is 0 Å². The Morgan fingerprint density at radius 1 is 1.00 bits per heavy atom. The maximum absolute atomic E-state index is 12.5. The molecule has 1 aliphatic rings.